The molecule has 0 spiro atoms. The number of nitrogens with zero attached hydrogens (tertiary/aromatic N) is 2. The molecule has 1 aliphatic rings. The van der Waals surface area contributed by atoms with E-state index in [1.54, 1.807) is 0 Å². The third-order valence-corrected chi connectivity index (χ3v) is 2.09. The fraction of sp³-hybridized carbons (Fsp3) is 0.667. The average molecular weight is 150 g/mol. The predicted molar refractivity (Wildman–Crippen MR) is 44.8 cm³/mol. The summed E-state index contributed by atoms with van der Waals surface area (Å²) >= 11 is 0. The summed E-state index contributed by atoms with van der Waals surface area (Å²) in [6, 6.07) is 2.12. The second-order valence-electron chi connectivity index (χ2n) is 2.95. The number of likely N-dealkylation sites (tertiary alicyclic amines) is 1. The molecule has 11 heavy (non-hydrogen) atoms. The highest BCUT2D eigenvalue weighted by molar-refractivity contribution is 5.01. The van der Waals surface area contributed by atoms with E-state index in [9.17, 15) is 0 Å². The molecule has 0 aromatic carbocycles. The van der Waals surface area contributed by atoms with Crippen LogP contribution in [0.3, 0.4) is 0 Å². The molecule has 0 atom stereocenters. The third kappa shape index (κ3) is 2.27. The summed E-state index contributed by atoms with van der Waals surface area (Å²) < 4.78 is 0. The molecule has 0 saturated carbocycles. The Labute approximate surface area is 68.1 Å². The van der Waals surface area contributed by atoms with Gasteiger partial charge in [-0.15, -0.1) is 0 Å². The van der Waals surface area contributed by atoms with E-state index >= 15 is 0 Å². The minimum atomic E-state index is 0.486. The molecule has 0 unspecified atom stereocenters. The van der Waals surface area contributed by atoms with Crippen molar-refractivity contribution in [3.05, 3.63) is 12.3 Å². The minimum Gasteiger partial charge on any atom is -0.374 e. The van der Waals surface area contributed by atoms with Crippen molar-refractivity contribution >= 4 is 0 Å². The Morgan fingerprint density at radius 3 is 2.55 bits per heavy atom. The van der Waals surface area contributed by atoms with Gasteiger partial charge in [0.05, 0.1) is 12.5 Å². The molecule has 2 nitrogen and oxygen atoms in total. The Hall–Kier alpha value is -0.970. The van der Waals surface area contributed by atoms with Crippen LogP contribution in [0.25, 0.3) is 0 Å². The first-order valence-electron chi connectivity index (χ1n) is 4.14. The zero-order valence-corrected chi connectivity index (χ0v) is 6.84. The highest BCUT2D eigenvalue weighted by Gasteiger charge is 2.10. The predicted octanol–water partition coefficient (Wildman–Crippen LogP) is 1.90. The molecule has 0 aromatic heterocycles. The number of nitriles is 1. The first-order valence-corrected chi connectivity index (χ1v) is 4.14. The van der Waals surface area contributed by atoms with Gasteiger partial charge in [0.15, 0.2) is 0 Å². The highest BCUT2D eigenvalue weighted by Crippen LogP contribution is 2.14. The van der Waals surface area contributed by atoms with Gasteiger partial charge in [-0.05, 0) is 19.3 Å². The van der Waals surface area contributed by atoms with E-state index in [2.05, 4.69) is 17.5 Å². The van der Waals surface area contributed by atoms with Crippen LogP contribution < -0.4 is 0 Å². The van der Waals surface area contributed by atoms with Gasteiger partial charge in [0.1, 0.15) is 0 Å². The molecule has 1 fully saturated rings. The van der Waals surface area contributed by atoms with E-state index in [0.29, 0.717) is 6.42 Å². The fourth-order valence-corrected chi connectivity index (χ4v) is 1.41. The lowest BCUT2D eigenvalue weighted by Crippen LogP contribution is -2.28. The number of rotatable bonds is 2. The fourth-order valence-electron chi connectivity index (χ4n) is 1.41. The molecule has 1 aliphatic heterocycles. The van der Waals surface area contributed by atoms with Gasteiger partial charge >= 0.3 is 0 Å². The van der Waals surface area contributed by atoms with Gasteiger partial charge < -0.3 is 4.90 Å². The monoisotopic (exact) mass is 150 g/mol. The quantitative estimate of drug-likeness (QED) is 0.601. The van der Waals surface area contributed by atoms with Crippen molar-refractivity contribution in [2.45, 2.75) is 25.7 Å². The maximum absolute atomic E-state index is 8.43. The molecule has 60 valence electrons. The van der Waals surface area contributed by atoms with Crippen LogP contribution in [0, 0.1) is 11.3 Å². The van der Waals surface area contributed by atoms with Crippen molar-refractivity contribution in [2.75, 3.05) is 13.1 Å². The smallest absolute Gasteiger partial charge is 0.0745 e. The maximum Gasteiger partial charge on any atom is 0.0745 e. The number of hydrogen-bond donors (Lipinski definition) is 0. The minimum absolute atomic E-state index is 0.486. The summed E-state index contributed by atoms with van der Waals surface area (Å²) in [5.74, 6) is 0. The summed E-state index contributed by atoms with van der Waals surface area (Å²) in [7, 11) is 0. The molecule has 0 radical (unpaired) electrons. The van der Waals surface area contributed by atoms with Crippen LogP contribution in [0.15, 0.2) is 12.3 Å². The van der Waals surface area contributed by atoms with Crippen molar-refractivity contribution < 1.29 is 0 Å². The Morgan fingerprint density at radius 2 is 2.00 bits per heavy atom. The van der Waals surface area contributed by atoms with Crippen molar-refractivity contribution in [3.8, 4) is 6.07 Å². The molecule has 0 bridgehead atoms. The molecule has 1 heterocycles. The number of piperidine rings is 1. The molecular formula is C9H14N2. The van der Waals surface area contributed by atoms with Crippen LogP contribution in [0.2, 0.25) is 0 Å². The van der Waals surface area contributed by atoms with Crippen LogP contribution in [0.1, 0.15) is 25.7 Å². The molecule has 0 amide bonds. The largest absolute Gasteiger partial charge is 0.374 e. The van der Waals surface area contributed by atoms with Gasteiger partial charge in [-0.25, -0.2) is 0 Å². The van der Waals surface area contributed by atoms with E-state index in [1.165, 1.54) is 19.3 Å². The highest BCUT2D eigenvalue weighted by atomic mass is 15.1. The molecular weight excluding hydrogens is 136 g/mol. The number of allylic oxidation sites excluding steroid dienone is 1. The van der Waals surface area contributed by atoms with Crippen molar-refractivity contribution in [2.24, 2.45) is 0 Å². The van der Waals surface area contributed by atoms with Crippen LogP contribution in [-0.2, 0) is 0 Å². The lowest BCUT2D eigenvalue weighted by Gasteiger charge is -2.29. The maximum atomic E-state index is 8.43. The Kier molecular flexibility index (Phi) is 2.97. The normalized spacial score (nSPS) is 17.5. The van der Waals surface area contributed by atoms with Gasteiger partial charge in [0, 0.05) is 18.8 Å². The van der Waals surface area contributed by atoms with Crippen LogP contribution in [0.5, 0.6) is 0 Å². The second kappa shape index (κ2) is 4.02. The molecule has 2 heteroatoms. The Bertz CT molecular complexity index is 172. The summed E-state index contributed by atoms with van der Waals surface area (Å²) in [6.45, 7) is 6.07. The van der Waals surface area contributed by atoms with Crippen molar-refractivity contribution in [3.63, 3.8) is 0 Å². The lowest BCUT2D eigenvalue weighted by molar-refractivity contribution is 0.283. The van der Waals surface area contributed by atoms with Gasteiger partial charge in [0.2, 0.25) is 0 Å². The van der Waals surface area contributed by atoms with E-state index < -0.39 is 0 Å². The van der Waals surface area contributed by atoms with E-state index in [-0.39, 0.29) is 0 Å². The topological polar surface area (TPSA) is 27.0 Å². The van der Waals surface area contributed by atoms with Crippen LogP contribution in [-0.4, -0.2) is 18.0 Å². The number of hydrogen-bond acceptors (Lipinski definition) is 2. The zero-order valence-electron chi connectivity index (χ0n) is 6.84. The Morgan fingerprint density at radius 1 is 1.36 bits per heavy atom. The first kappa shape index (κ1) is 8.13. The third-order valence-electron chi connectivity index (χ3n) is 2.09. The van der Waals surface area contributed by atoms with Gasteiger partial charge in [-0.2, -0.15) is 5.26 Å². The van der Waals surface area contributed by atoms with Crippen molar-refractivity contribution in [1.29, 1.82) is 5.26 Å². The van der Waals surface area contributed by atoms with E-state index in [4.69, 9.17) is 5.26 Å². The lowest BCUT2D eigenvalue weighted by atomic mass is 10.1. The van der Waals surface area contributed by atoms with Gasteiger partial charge in [0.25, 0.3) is 0 Å². The second-order valence-corrected chi connectivity index (χ2v) is 2.95. The molecule has 0 N–H and O–H groups in total. The Balaban J connectivity index is 2.34. The molecule has 0 aromatic rings. The first-order chi connectivity index (χ1) is 5.34. The SMILES string of the molecule is C=C(CC#N)N1CCCCC1. The molecule has 0 aliphatic carbocycles. The molecule has 1 rings (SSSR count). The summed E-state index contributed by atoms with van der Waals surface area (Å²) in [5.41, 5.74) is 0.993. The van der Waals surface area contributed by atoms with E-state index in [0.717, 1.165) is 18.8 Å². The summed E-state index contributed by atoms with van der Waals surface area (Å²) in [5, 5.41) is 8.43. The van der Waals surface area contributed by atoms with Gasteiger partial charge in [-0.3, -0.25) is 0 Å². The van der Waals surface area contributed by atoms with Crippen LogP contribution in [0.4, 0.5) is 0 Å². The summed E-state index contributed by atoms with van der Waals surface area (Å²) in [4.78, 5) is 2.23. The summed E-state index contributed by atoms with van der Waals surface area (Å²) in [6.07, 6.45) is 4.32. The zero-order chi connectivity index (χ0) is 8.10. The van der Waals surface area contributed by atoms with E-state index in [1.807, 2.05) is 0 Å². The standard InChI is InChI=1S/C9H14N2/c1-9(5-6-10)11-7-3-2-4-8-11/h1-5,7-8H2. The van der Waals surface area contributed by atoms with Crippen molar-refractivity contribution in [1.82, 2.24) is 4.90 Å². The van der Waals surface area contributed by atoms with Gasteiger partial charge in [-0.1, -0.05) is 6.58 Å². The average Bonchev–Trinajstić information content (AvgIpc) is 2.07. The van der Waals surface area contributed by atoms with Crippen LogP contribution >= 0.6 is 0 Å². The molecule has 1 saturated heterocycles.